The number of aryl methyl sites for hydroxylation is 1. The molecule has 0 spiro atoms. The van der Waals surface area contributed by atoms with Crippen LogP contribution in [0.2, 0.25) is 0 Å². The number of amides is 1. The number of methoxy groups -OCH3 is 1. The van der Waals surface area contributed by atoms with Gasteiger partial charge in [0.2, 0.25) is 5.91 Å². The second-order valence-corrected chi connectivity index (χ2v) is 5.99. The SMILES string of the molecule is COCCNCC(=O)Nc1sc2c(c1C)CCCC2. The van der Waals surface area contributed by atoms with Crippen molar-refractivity contribution in [3.8, 4) is 0 Å². The Hall–Kier alpha value is -0.910. The monoisotopic (exact) mass is 282 g/mol. The molecule has 0 unspecified atom stereocenters. The van der Waals surface area contributed by atoms with Crippen molar-refractivity contribution in [2.75, 3.05) is 32.1 Å². The molecule has 106 valence electrons. The van der Waals surface area contributed by atoms with E-state index in [0.717, 1.165) is 5.00 Å². The second-order valence-electron chi connectivity index (χ2n) is 4.88. The van der Waals surface area contributed by atoms with Crippen LogP contribution in [-0.2, 0) is 22.4 Å². The third-order valence-electron chi connectivity index (χ3n) is 3.46. The van der Waals surface area contributed by atoms with E-state index in [2.05, 4.69) is 17.6 Å². The molecule has 0 fully saturated rings. The number of fused-ring (bicyclic) bond motifs is 1. The van der Waals surface area contributed by atoms with Gasteiger partial charge in [-0.1, -0.05) is 0 Å². The van der Waals surface area contributed by atoms with Gasteiger partial charge in [0.15, 0.2) is 0 Å². The molecule has 4 nitrogen and oxygen atoms in total. The number of ether oxygens (including phenoxy) is 1. The first-order valence-electron chi connectivity index (χ1n) is 6.83. The van der Waals surface area contributed by atoms with Gasteiger partial charge in [-0.25, -0.2) is 0 Å². The lowest BCUT2D eigenvalue weighted by molar-refractivity contribution is -0.115. The smallest absolute Gasteiger partial charge is 0.238 e. The fourth-order valence-corrected chi connectivity index (χ4v) is 3.70. The van der Waals surface area contributed by atoms with E-state index in [4.69, 9.17) is 4.74 Å². The summed E-state index contributed by atoms with van der Waals surface area (Å²) < 4.78 is 4.92. The van der Waals surface area contributed by atoms with E-state index in [-0.39, 0.29) is 5.91 Å². The van der Waals surface area contributed by atoms with E-state index < -0.39 is 0 Å². The highest BCUT2D eigenvalue weighted by atomic mass is 32.1. The van der Waals surface area contributed by atoms with Gasteiger partial charge in [0, 0.05) is 18.5 Å². The zero-order valence-corrected chi connectivity index (χ0v) is 12.5. The molecule has 1 amide bonds. The highest BCUT2D eigenvalue weighted by Crippen LogP contribution is 2.37. The lowest BCUT2D eigenvalue weighted by atomic mass is 9.96. The standard InChI is InChI=1S/C14H22N2O2S/c1-10-11-5-3-4-6-12(11)19-14(10)16-13(17)9-15-7-8-18-2/h15H,3-9H2,1-2H3,(H,16,17). The third kappa shape index (κ3) is 3.78. The number of carbonyl (C=O) groups excluding carboxylic acids is 1. The Balaban J connectivity index is 1.88. The maximum absolute atomic E-state index is 11.8. The molecule has 0 aromatic carbocycles. The first-order valence-corrected chi connectivity index (χ1v) is 7.64. The van der Waals surface area contributed by atoms with Gasteiger partial charge < -0.3 is 15.4 Å². The van der Waals surface area contributed by atoms with Crippen molar-refractivity contribution < 1.29 is 9.53 Å². The van der Waals surface area contributed by atoms with Crippen LogP contribution in [0.25, 0.3) is 0 Å². The Kier molecular flexibility index (Phi) is 5.36. The molecule has 19 heavy (non-hydrogen) atoms. The van der Waals surface area contributed by atoms with Crippen LogP contribution in [0.5, 0.6) is 0 Å². The molecule has 1 aromatic heterocycles. The van der Waals surface area contributed by atoms with Crippen molar-refractivity contribution in [1.29, 1.82) is 0 Å². The van der Waals surface area contributed by atoms with Crippen LogP contribution in [0.15, 0.2) is 0 Å². The number of rotatable bonds is 6. The Morgan fingerprint density at radius 3 is 2.89 bits per heavy atom. The summed E-state index contributed by atoms with van der Waals surface area (Å²) >= 11 is 1.75. The fourth-order valence-electron chi connectivity index (χ4n) is 2.39. The van der Waals surface area contributed by atoms with Crippen molar-refractivity contribution in [2.24, 2.45) is 0 Å². The molecule has 0 bridgehead atoms. The maximum atomic E-state index is 11.8. The summed E-state index contributed by atoms with van der Waals surface area (Å²) in [6.07, 6.45) is 4.89. The molecular formula is C14H22N2O2S. The average molecular weight is 282 g/mol. The fraction of sp³-hybridized carbons (Fsp3) is 0.643. The van der Waals surface area contributed by atoms with Crippen LogP contribution in [0.4, 0.5) is 5.00 Å². The van der Waals surface area contributed by atoms with Crippen molar-refractivity contribution in [3.05, 3.63) is 16.0 Å². The summed E-state index contributed by atoms with van der Waals surface area (Å²) in [5.74, 6) is 0.0257. The number of thiophene rings is 1. The van der Waals surface area contributed by atoms with Crippen molar-refractivity contribution in [2.45, 2.75) is 32.6 Å². The molecule has 0 aliphatic heterocycles. The topological polar surface area (TPSA) is 50.4 Å². The zero-order valence-electron chi connectivity index (χ0n) is 11.7. The molecule has 1 aromatic rings. The summed E-state index contributed by atoms with van der Waals surface area (Å²) in [6, 6.07) is 0. The highest BCUT2D eigenvalue weighted by Gasteiger charge is 2.18. The van der Waals surface area contributed by atoms with Gasteiger partial charge in [0.25, 0.3) is 0 Å². The largest absolute Gasteiger partial charge is 0.383 e. The van der Waals surface area contributed by atoms with Crippen LogP contribution < -0.4 is 10.6 Å². The number of anilines is 1. The minimum atomic E-state index is 0.0257. The zero-order chi connectivity index (χ0) is 13.7. The molecule has 2 N–H and O–H groups in total. The van der Waals surface area contributed by atoms with Gasteiger partial charge in [-0.05, 0) is 43.7 Å². The van der Waals surface area contributed by atoms with E-state index in [1.54, 1.807) is 18.4 Å². The highest BCUT2D eigenvalue weighted by molar-refractivity contribution is 7.16. The van der Waals surface area contributed by atoms with Gasteiger partial charge in [0.1, 0.15) is 0 Å². The molecule has 1 heterocycles. The van der Waals surface area contributed by atoms with Crippen molar-refractivity contribution >= 4 is 22.2 Å². The molecule has 0 radical (unpaired) electrons. The Bertz CT molecular complexity index is 443. The lowest BCUT2D eigenvalue weighted by Crippen LogP contribution is -2.30. The minimum Gasteiger partial charge on any atom is -0.383 e. The maximum Gasteiger partial charge on any atom is 0.238 e. The van der Waals surface area contributed by atoms with Crippen LogP contribution in [0, 0.1) is 6.92 Å². The quantitative estimate of drug-likeness (QED) is 0.786. The van der Waals surface area contributed by atoms with Crippen molar-refractivity contribution in [1.82, 2.24) is 5.32 Å². The van der Waals surface area contributed by atoms with Crippen LogP contribution in [0.3, 0.4) is 0 Å². The molecule has 0 atom stereocenters. The third-order valence-corrected chi connectivity index (χ3v) is 4.77. The normalized spacial score (nSPS) is 14.2. The Morgan fingerprint density at radius 1 is 1.37 bits per heavy atom. The Morgan fingerprint density at radius 2 is 2.16 bits per heavy atom. The lowest BCUT2D eigenvalue weighted by Gasteiger charge is -2.10. The van der Waals surface area contributed by atoms with E-state index in [9.17, 15) is 4.79 Å². The van der Waals surface area contributed by atoms with E-state index in [1.165, 1.54) is 41.7 Å². The summed E-state index contributed by atoms with van der Waals surface area (Å²) in [6.45, 7) is 3.78. The van der Waals surface area contributed by atoms with Gasteiger partial charge in [-0.3, -0.25) is 4.79 Å². The summed E-state index contributed by atoms with van der Waals surface area (Å²) in [4.78, 5) is 13.3. The van der Waals surface area contributed by atoms with Crippen LogP contribution in [-0.4, -0.2) is 32.7 Å². The molecular weight excluding hydrogens is 260 g/mol. The molecule has 1 aliphatic rings. The number of carbonyl (C=O) groups is 1. The molecule has 0 saturated heterocycles. The minimum absolute atomic E-state index is 0.0257. The summed E-state index contributed by atoms with van der Waals surface area (Å²) in [7, 11) is 1.65. The predicted molar refractivity (Wildman–Crippen MR) is 79.1 cm³/mol. The van der Waals surface area contributed by atoms with Gasteiger partial charge in [0.05, 0.1) is 18.2 Å². The summed E-state index contributed by atoms with van der Waals surface area (Å²) in [5.41, 5.74) is 2.74. The van der Waals surface area contributed by atoms with Gasteiger partial charge >= 0.3 is 0 Å². The first-order chi connectivity index (χ1) is 9.22. The number of hydrogen-bond donors (Lipinski definition) is 2. The molecule has 1 aliphatic carbocycles. The van der Waals surface area contributed by atoms with Gasteiger partial charge in [-0.2, -0.15) is 0 Å². The average Bonchev–Trinajstić information content (AvgIpc) is 2.72. The summed E-state index contributed by atoms with van der Waals surface area (Å²) in [5, 5.41) is 7.11. The van der Waals surface area contributed by atoms with Gasteiger partial charge in [-0.15, -0.1) is 11.3 Å². The molecule has 5 heteroatoms. The number of hydrogen-bond acceptors (Lipinski definition) is 4. The van der Waals surface area contributed by atoms with E-state index in [1.807, 2.05) is 0 Å². The van der Waals surface area contributed by atoms with Crippen molar-refractivity contribution in [3.63, 3.8) is 0 Å². The van der Waals surface area contributed by atoms with Crippen LogP contribution >= 0.6 is 11.3 Å². The number of nitrogens with one attached hydrogen (secondary N) is 2. The van der Waals surface area contributed by atoms with E-state index >= 15 is 0 Å². The van der Waals surface area contributed by atoms with Crippen LogP contribution in [0.1, 0.15) is 28.8 Å². The predicted octanol–water partition coefficient (Wildman–Crippen LogP) is 2.11. The molecule has 2 rings (SSSR count). The first kappa shape index (κ1) is 14.5. The second kappa shape index (κ2) is 7.03. The van der Waals surface area contributed by atoms with E-state index in [0.29, 0.717) is 19.7 Å². The Labute approximate surface area is 118 Å². The molecule has 0 saturated carbocycles.